The number of hydrogen-bond donors (Lipinski definition) is 2. The van der Waals surface area contributed by atoms with Crippen LogP contribution in [0.3, 0.4) is 0 Å². The van der Waals surface area contributed by atoms with Gasteiger partial charge in [0.2, 0.25) is 5.91 Å². The van der Waals surface area contributed by atoms with E-state index in [0.29, 0.717) is 12.3 Å². The third-order valence-electron chi connectivity index (χ3n) is 3.11. The molecule has 0 radical (unpaired) electrons. The fourth-order valence-electron chi connectivity index (χ4n) is 1.80. The van der Waals surface area contributed by atoms with Crippen LogP contribution in [0.15, 0.2) is 0 Å². The SMILES string of the molecule is CS(=O)(=O)CCC(NC(=O)CC1CCC1)C(=O)O. The highest BCUT2D eigenvalue weighted by Crippen LogP contribution is 2.29. The molecule has 0 saturated heterocycles. The predicted molar refractivity (Wildman–Crippen MR) is 65.9 cm³/mol. The first-order valence-corrected chi connectivity index (χ1v) is 8.04. The van der Waals surface area contributed by atoms with Crippen LogP contribution in [0.25, 0.3) is 0 Å². The number of nitrogens with one attached hydrogen (secondary N) is 1. The molecule has 1 fully saturated rings. The highest BCUT2D eigenvalue weighted by atomic mass is 32.2. The standard InChI is InChI=1S/C11H19NO5S/c1-18(16,17)6-5-9(11(14)15)12-10(13)7-8-3-2-4-8/h8-9H,2-7H2,1H3,(H,12,13)(H,14,15). The second-order valence-corrected chi connectivity index (χ2v) is 7.14. The van der Waals surface area contributed by atoms with Gasteiger partial charge in [-0.1, -0.05) is 6.42 Å². The normalized spacial score (nSPS) is 17.8. The second-order valence-electron chi connectivity index (χ2n) is 4.88. The van der Waals surface area contributed by atoms with E-state index in [4.69, 9.17) is 5.11 Å². The number of carbonyl (C=O) groups is 2. The van der Waals surface area contributed by atoms with Gasteiger partial charge in [0.1, 0.15) is 15.9 Å². The van der Waals surface area contributed by atoms with E-state index in [9.17, 15) is 18.0 Å². The smallest absolute Gasteiger partial charge is 0.326 e. The fraction of sp³-hybridized carbons (Fsp3) is 0.818. The summed E-state index contributed by atoms with van der Waals surface area (Å²) in [6.07, 6.45) is 4.42. The molecule has 18 heavy (non-hydrogen) atoms. The molecule has 1 saturated carbocycles. The molecule has 0 aromatic heterocycles. The first-order chi connectivity index (χ1) is 8.28. The Bertz CT molecular complexity index is 413. The lowest BCUT2D eigenvalue weighted by atomic mass is 9.83. The van der Waals surface area contributed by atoms with E-state index >= 15 is 0 Å². The van der Waals surface area contributed by atoms with Crippen molar-refractivity contribution in [2.45, 2.75) is 38.1 Å². The van der Waals surface area contributed by atoms with Crippen molar-refractivity contribution in [3.8, 4) is 0 Å². The number of hydrogen-bond acceptors (Lipinski definition) is 4. The maximum atomic E-state index is 11.6. The number of carboxylic acids is 1. The number of carbonyl (C=O) groups excluding carboxylic acids is 1. The average Bonchev–Trinajstić information content (AvgIpc) is 2.16. The molecule has 1 aliphatic carbocycles. The summed E-state index contributed by atoms with van der Waals surface area (Å²) in [7, 11) is -3.22. The van der Waals surface area contributed by atoms with Crippen molar-refractivity contribution in [3.05, 3.63) is 0 Å². The van der Waals surface area contributed by atoms with E-state index in [1.54, 1.807) is 0 Å². The summed E-state index contributed by atoms with van der Waals surface area (Å²) in [4.78, 5) is 22.5. The largest absolute Gasteiger partial charge is 0.480 e. The van der Waals surface area contributed by atoms with Crippen LogP contribution in [-0.4, -0.2) is 43.5 Å². The van der Waals surface area contributed by atoms with E-state index in [1.807, 2.05) is 0 Å². The van der Waals surface area contributed by atoms with Crippen LogP contribution in [-0.2, 0) is 19.4 Å². The van der Waals surface area contributed by atoms with Crippen molar-refractivity contribution < 1.29 is 23.1 Å². The first kappa shape index (κ1) is 14.9. The van der Waals surface area contributed by atoms with Crippen molar-refractivity contribution >= 4 is 21.7 Å². The molecular formula is C11H19NO5S. The molecule has 1 amide bonds. The zero-order chi connectivity index (χ0) is 13.8. The maximum absolute atomic E-state index is 11.6. The summed E-state index contributed by atoms with van der Waals surface area (Å²) in [5, 5.41) is 11.3. The Labute approximate surface area is 107 Å². The second kappa shape index (κ2) is 6.17. The van der Waals surface area contributed by atoms with E-state index in [0.717, 1.165) is 25.5 Å². The van der Waals surface area contributed by atoms with Gasteiger partial charge in [0, 0.05) is 12.7 Å². The molecule has 1 atom stereocenters. The Balaban J connectivity index is 2.41. The van der Waals surface area contributed by atoms with Crippen LogP contribution in [0.4, 0.5) is 0 Å². The number of aliphatic carboxylic acids is 1. The molecule has 2 N–H and O–H groups in total. The Morgan fingerprint density at radius 2 is 2.00 bits per heavy atom. The zero-order valence-corrected chi connectivity index (χ0v) is 11.2. The van der Waals surface area contributed by atoms with Gasteiger partial charge < -0.3 is 10.4 Å². The zero-order valence-electron chi connectivity index (χ0n) is 10.4. The Hall–Kier alpha value is -1.11. The predicted octanol–water partition coefficient (Wildman–Crippen LogP) is 0.181. The van der Waals surface area contributed by atoms with Gasteiger partial charge in [-0.25, -0.2) is 13.2 Å². The molecule has 0 aromatic rings. The number of amides is 1. The molecular weight excluding hydrogens is 258 g/mol. The summed E-state index contributed by atoms with van der Waals surface area (Å²) in [5.41, 5.74) is 0. The molecule has 0 aliphatic heterocycles. The van der Waals surface area contributed by atoms with Crippen LogP contribution < -0.4 is 5.32 Å². The highest BCUT2D eigenvalue weighted by molar-refractivity contribution is 7.90. The molecule has 1 unspecified atom stereocenters. The van der Waals surface area contributed by atoms with Crippen molar-refractivity contribution in [2.75, 3.05) is 12.0 Å². The van der Waals surface area contributed by atoms with E-state index in [1.165, 1.54) is 0 Å². The quantitative estimate of drug-likeness (QED) is 0.691. The molecule has 1 aliphatic rings. The van der Waals surface area contributed by atoms with Crippen molar-refractivity contribution in [1.82, 2.24) is 5.32 Å². The molecule has 6 nitrogen and oxygen atoms in total. The van der Waals surface area contributed by atoms with Crippen LogP contribution >= 0.6 is 0 Å². The van der Waals surface area contributed by atoms with Crippen molar-refractivity contribution in [2.24, 2.45) is 5.92 Å². The van der Waals surface area contributed by atoms with Gasteiger partial charge in [0.25, 0.3) is 0 Å². The van der Waals surface area contributed by atoms with E-state index in [2.05, 4.69) is 5.32 Å². The van der Waals surface area contributed by atoms with Gasteiger partial charge in [-0.2, -0.15) is 0 Å². The van der Waals surface area contributed by atoms with E-state index < -0.39 is 21.8 Å². The number of sulfone groups is 1. The van der Waals surface area contributed by atoms with Gasteiger partial charge in [-0.3, -0.25) is 4.79 Å². The Morgan fingerprint density at radius 3 is 2.39 bits per heavy atom. The monoisotopic (exact) mass is 277 g/mol. The lowest BCUT2D eigenvalue weighted by molar-refractivity contribution is -0.142. The highest BCUT2D eigenvalue weighted by Gasteiger charge is 2.25. The molecule has 0 bridgehead atoms. The van der Waals surface area contributed by atoms with Crippen LogP contribution in [0.5, 0.6) is 0 Å². The van der Waals surface area contributed by atoms with Gasteiger partial charge in [0.15, 0.2) is 0 Å². The fourth-order valence-corrected chi connectivity index (χ4v) is 2.47. The Kier molecular flexibility index (Phi) is 5.13. The molecule has 0 spiro atoms. The minimum Gasteiger partial charge on any atom is -0.480 e. The minimum atomic E-state index is -3.22. The molecule has 0 heterocycles. The summed E-state index contributed by atoms with van der Waals surface area (Å²) >= 11 is 0. The summed E-state index contributed by atoms with van der Waals surface area (Å²) < 4.78 is 21.9. The third kappa shape index (κ3) is 5.48. The number of rotatable bonds is 7. The molecule has 104 valence electrons. The number of carboxylic acid groups (broad SMARTS) is 1. The molecule has 0 aromatic carbocycles. The van der Waals surface area contributed by atoms with Gasteiger partial charge >= 0.3 is 5.97 Å². The molecule has 7 heteroatoms. The lowest BCUT2D eigenvalue weighted by Crippen LogP contribution is -2.42. The van der Waals surface area contributed by atoms with Crippen LogP contribution in [0.2, 0.25) is 0 Å². The van der Waals surface area contributed by atoms with E-state index in [-0.39, 0.29) is 18.1 Å². The summed E-state index contributed by atoms with van der Waals surface area (Å²) in [6.45, 7) is 0. The van der Waals surface area contributed by atoms with Gasteiger partial charge in [-0.05, 0) is 25.2 Å². The average molecular weight is 277 g/mol. The third-order valence-corrected chi connectivity index (χ3v) is 4.09. The van der Waals surface area contributed by atoms with Crippen LogP contribution in [0, 0.1) is 5.92 Å². The summed E-state index contributed by atoms with van der Waals surface area (Å²) in [5.74, 6) is -1.39. The molecule has 1 rings (SSSR count). The van der Waals surface area contributed by atoms with Gasteiger partial charge in [0.05, 0.1) is 5.75 Å². The van der Waals surface area contributed by atoms with Crippen molar-refractivity contribution in [3.63, 3.8) is 0 Å². The lowest BCUT2D eigenvalue weighted by Gasteiger charge is -2.25. The van der Waals surface area contributed by atoms with Gasteiger partial charge in [-0.15, -0.1) is 0 Å². The minimum absolute atomic E-state index is 0.0927. The van der Waals surface area contributed by atoms with Crippen LogP contribution in [0.1, 0.15) is 32.1 Å². The van der Waals surface area contributed by atoms with Crippen molar-refractivity contribution in [1.29, 1.82) is 0 Å². The Morgan fingerprint density at radius 1 is 1.39 bits per heavy atom. The maximum Gasteiger partial charge on any atom is 0.326 e. The first-order valence-electron chi connectivity index (χ1n) is 5.98. The summed E-state index contributed by atoms with van der Waals surface area (Å²) in [6, 6.07) is -1.12. The topological polar surface area (TPSA) is 101 Å².